The molecule has 0 amide bonds. The lowest BCUT2D eigenvalue weighted by molar-refractivity contribution is -0.434. The highest BCUT2D eigenvalue weighted by atomic mass is 16.6. The van der Waals surface area contributed by atoms with Crippen molar-refractivity contribution in [2.45, 2.75) is 20.0 Å². The molecule has 0 aliphatic carbocycles. The first-order valence-electron chi connectivity index (χ1n) is 7.45. The van der Waals surface area contributed by atoms with Gasteiger partial charge in [-0.1, -0.05) is 42.0 Å². The predicted molar refractivity (Wildman–Crippen MR) is 87.1 cm³/mol. The molecule has 1 atom stereocenters. The molecule has 0 N–H and O–H groups in total. The van der Waals surface area contributed by atoms with Gasteiger partial charge in [-0.2, -0.15) is 0 Å². The Labute approximate surface area is 134 Å². The summed E-state index contributed by atoms with van der Waals surface area (Å²) in [7, 11) is 0. The van der Waals surface area contributed by atoms with Crippen molar-refractivity contribution in [2.24, 2.45) is 0 Å². The van der Waals surface area contributed by atoms with E-state index in [9.17, 15) is 10.1 Å². The monoisotopic (exact) mass is 311 g/mol. The lowest BCUT2D eigenvalue weighted by Gasteiger charge is -2.24. The van der Waals surface area contributed by atoms with E-state index in [0.29, 0.717) is 23.7 Å². The average molecular weight is 311 g/mol. The maximum atomic E-state index is 11.5. The Morgan fingerprint density at radius 2 is 1.96 bits per heavy atom. The van der Waals surface area contributed by atoms with Crippen molar-refractivity contribution < 1.29 is 14.4 Å². The molecule has 5 heteroatoms. The Morgan fingerprint density at radius 1 is 1.22 bits per heavy atom. The maximum absolute atomic E-state index is 11.5. The van der Waals surface area contributed by atoms with Crippen molar-refractivity contribution in [3.63, 3.8) is 0 Å². The highest BCUT2D eigenvalue weighted by Gasteiger charge is 2.34. The standard InChI is InChI=1S/C18H17NO4/c1-3-22-16-6-4-5-14-11-15(19(20)21)17(23-18(14)16)13-9-7-12(2)8-10-13/h4-11,17H,3H2,1-2H3. The SMILES string of the molecule is CCOc1cccc2c1OC(c1ccc(C)cc1)C([N+](=O)[O-])=C2. The fraction of sp³-hybridized carbons (Fsp3) is 0.222. The van der Waals surface area contributed by atoms with E-state index >= 15 is 0 Å². The van der Waals surface area contributed by atoms with E-state index in [-0.39, 0.29) is 10.6 Å². The molecule has 5 nitrogen and oxygen atoms in total. The summed E-state index contributed by atoms with van der Waals surface area (Å²) in [4.78, 5) is 11.1. The van der Waals surface area contributed by atoms with Gasteiger partial charge in [-0.3, -0.25) is 10.1 Å². The van der Waals surface area contributed by atoms with Crippen LogP contribution >= 0.6 is 0 Å². The summed E-state index contributed by atoms with van der Waals surface area (Å²) >= 11 is 0. The van der Waals surface area contributed by atoms with Crippen molar-refractivity contribution in [3.8, 4) is 11.5 Å². The van der Waals surface area contributed by atoms with Gasteiger partial charge in [0.15, 0.2) is 11.5 Å². The van der Waals surface area contributed by atoms with Crippen LogP contribution in [-0.2, 0) is 0 Å². The quantitative estimate of drug-likeness (QED) is 0.628. The van der Waals surface area contributed by atoms with Crippen LogP contribution < -0.4 is 9.47 Å². The minimum atomic E-state index is -0.750. The van der Waals surface area contributed by atoms with E-state index < -0.39 is 6.10 Å². The molecule has 1 aliphatic rings. The molecular formula is C18H17NO4. The normalized spacial score (nSPS) is 16.1. The number of nitro groups is 1. The third-order valence-corrected chi connectivity index (χ3v) is 3.71. The Balaban J connectivity index is 2.09. The summed E-state index contributed by atoms with van der Waals surface area (Å²) in [6.45, 7) is 4.36. The van der Waals surface area contributed by atoms with Crippen LogP contribution in [0.5, 0.6) is 11.5 Å². The van der Waals surface area contributed by atoms with E-state index in [2.05, 4.69) is 0 Å². The summed E-state index contributed by atoms with van der Waals surface area (Å²) in [6, 6.07) is 12.9. The van der Waals surface area contributed by atoms with Crippen LogP contribution in [0.4, 0.5) is 0 Å². The molecule has 3 rings (SSSR count). The van der Waals surface area contributed by atoms with E-state index in [1.165, 1.54) is 0 Å². The molecule has 0 bridgehead atoms. The Morgan fingerprint density at radius 3 is 2.61 bits per heavy atom. The van der Waals surface area contributed by atoms with Gasteiger partial charge in [-0.05, 0) is 19.9 Å². The second-order valence-corrected chi connectivity index (χ2v) is 5.34. The molecule has 0 fully saturated rings. The largest absolute Gasteiger partial charge is 0.490 e. The maximum Gasteiger partial charge on any atom is 0.291 e. The topological polar surface area (TPSA) is 61.6 Å². The lowest BCUT2D eigenvalue weighted by Crippen LogP contribution is -2.20. The third-order valence-electron chi connectivity index (χ3n) is 3.71. The van der Waals surface area contributed by atoms with Crippen LogP contribution in [0.1, 0.15) is 29.7 Å². The molecule has 1 aliphatic heterocycles. The zero-order chi connectivity index (χ0) is 16.4. The van der Waals surface area contributed by atoms with Gasteiger partial charge in [0.25, 0.3) is 5.70 Å². The number of rotatable bonds is 4. The van der Waals surface area contributed by atoms with Gasteiger partial charge in [-0.15, -0.1) is 0 Å². The van der Waals surface area contributed by atoms with Crippen LogP contribution in [0, 0.1) is 17.0 Å². The van der Waals surface area contributed by atoms with Gasteiger partial charge >= 0.3 is 0 Å². The van der Waals surface area contributed by atoms with E-state index in [1.807, 2.05) is 38.1 Å². The van der Waals surface area contributed by atoms with Gasteiger partial charge in [0.1, 0.15) is 0 Å². The number of nitrogens with zero attached hydrogens (tertiary/aromatic N) is 1. The molecule has 0 aromatic heterocycles. The van der Waals surface area contributed by atoms with Crippen LogP contribution in [-0.4, -0.2) is 11.5 Å². The van der Waals surface area contributed by atoms with Crippen molar-refractivity contribution in [1.82, 2.24) is 0 Å². The highest BCUT2D eigenvalue weighted by molar-refractivity contribution is 5.66. The molecule has 0 radical (unpaired) electrons. The van der Waals surface area contributed by atoms with Gasteiger partial charge in [0, 0.05) is 17.2 Å². The van der Waals surface area contributed by atoms with Gasteiger partial charge in [0.2, 0.25) is 6.10 Å². The molecule has 0 spiro atoms. The van der Waals surface area contributed by atoms with E-state index in [4.69, 9.17) is 9.47 Å². The molecule has 2 aromatic rings. The zero-order valence-electron chi connectivity index (χ0n) is 13.0. The second kappa shape index (κ2) is 6.12. The Kier molecular flexibility index (Phi) is 4.02. The summed E-state index contributed by atoms with van der Waals surface area (Å²) in [6.07, 6.45) is 0.811. The lowest BCUT2D eigenvalue weighted by atomic mass is 10.00. The molecule has 1 unspecified atom stereocenters. The van der Waals surface area contributed by atoms with Crippen molar-refractivity contribution >= 4 is 6.08 Å². The first-order chi connectivity index (χ1) is 11.1. The Hall–Kier alpha value is -2.82. The number of hydrogen-bond donors (Lipinski definition) is 0. The molecule has 23 heavy (non-hydrogen) atoms. The summed E-state index contributed by atoms with van der Waals surface area (Å²) in [5.41, 5.74) is 2.52. The number of fused-ring (bicyclic) bond motifs is 1. The van der Waals surface area contributed by atoms with Crippen LogP contribution in [0.25, 0.3) is 6.08 Å². The van der Waals surface area contributed by atoms with Crippen molar-refractivity contribution in [1.29, 1.82) is 0 Å². The first-order valence-corrected chi connectivity index (χ1v) is 7.45. The van der Waals surface area contributed by atoms with Crippen molar-refractivity contribution in [2.75, 3.05) is 6.61 Å². The number of para-hydroxylation sites is 1. The molecular weight excluding hydrogens is 294 g/mol. The highest BCUT2D eigenvalue weighted by Crippen LogP contribution is 2.42. The molecule has 2 aromatic carbocycles. The zero-order valence-corrected chi connectivity index (χ0v) is 13.0. The Bertz CT molecular complexity index is 765. The minimum absolute atomic E-state index is 0.0231. The first kappa shape index (κ1) is 15.1. The molecule has 1 heterocycles. The average Bonchev–Trinajstić information content (AvgIpc) is 2.55. The van der Waals surface area contributed by atoms with E-state index in [1.54, 1.807) is 24.3 Å². The number of aryl methyl sites for hydroxylation is 1. The molecule has 118 valence electrons. The molecule has 0 saturated carbocycles. The number of hydrogen-bond acceptors (Lipinski definition) is 4. The molecule has 0 saturated heterocycles. The summed E-state index contributed by atoms with van der Waals surface area (Å²) < 4.78 is 11.6. The van der Waals surface area contributed by atoms with Crippen LogP contribution in [0.2, 0.25) is 0 Å². The van der Waals surface area contributed by atoms with Gasteiger partial charge < -0.3 is 9.47 Å². The summed E-state index contributed by atoms with van der Waals surface area (Å²) in [5, 5.41) is 11.5. The number of benzene rings is 2. The fourth-order valence-electron chi connectivity index (χ4n) is 2.58. The fourth-order valence-corrected chi connectivity index (χ4v) is 2.58. The smallest absolute Gasteiger partial charge is 0.291 e. The third kappa shape index (κ3) is 2.90. The second-order valence-electron chi connectivity index (χ2n) is 5.34. The van der Waals surface area contributed by atoms with Crippen LogP contribution in [0.15, 0.2) is 48.2 Å². The van der Waals surface area contributed by atoms with Crippen molar-refractivity contribution in [3.05, 3.63) is 75.0 Å². The van der Waals surface area contributed by atoms with Gasteiger partial charge in [-0.25, -0.2) is 0 Å². The number of ether oxygens (including phenoxy) is 2. The summed E-state index contributed by atoms with van der Waals surface area (Å²) in [5.74, 6) is 1.14. The van der Waals surface area contributed by atoms with Crippen LogP contribution in [0.3, 0.4) is 0 Å². The minimum Gasteiger partial charge on any atom is -0.490 e. The van der Waals surface area contributed by atoms with E-state index in [0.717, 1.165) is 11.1 Å². The predicted octanol–water partition coefficient (Wildman–Crippen LogP) is 4.15. The van der Waals surface area contributed by atoms with Gasteiger partial charge in [0.05, 0.1) is 11.5 Å².